The van der Waals surface area contributed by atoms with Gasteiger partial charge in [0.05, 0.1) is 6.54 Å². The van der Waals surface area contributed by atoms with Crippen molar-refractivity contribution in [3.05, 3.63) is 70.1 Å². The molecule has 0 aliphatic rings. The van der Waals surface area contributed by atoms with Crippen molar-refractivity contribution >= 4 is 17.5 Å². The zero-order valence-corrected chi connectivity index (χ0v) is 14.1. The van der Waals surface area contributed by atoms with Crippen LogP contribution in [0.2, 0.25) is 5.02 Å². The molecule has 0 unspecified atom stereocenters. The van der Waals surface area contributed by atoms with Gasteiger partial charge in [-0.3, -0.25) is 4.79 Å². The van der Waals surface area contributed by atoms with Gasteiger partial charge in [0.1, 0.15) is 0 Å². The molecule has 0 spiro atoms. The fraction of sp³-hybridized carbons (Fsp3) is 0.167. The van der Waals surface area contributed by atoms with Crippen molar-refractivity contribution in [3.8, 4) is 11.4 Å². The van der Waals surface area contributed by atoms with Crippen molar-refractivity contribution in [3.63, 3.8) is 0 Å². The summed E-state index contributed by atoms with van der Waals surface area (Å²) in [6.07, 6.45) is 0. The number of benzene rings is 2. The molecule has 0 fully saturated rings. The predicted octanol–water partition coefficient (Wildman–Crippen LogP) is 3.94. The Kier molecular flexibility index (Phi) is 4.62. The second kappa shape index (κ2) is 6.84. The summed E-state index contributed by atoms with van der Waals surface area (Å²) in [7, 11) is 0. The van der Waals surface area contributed by atoms with Crippen molar-refractivity contribution in [2.75, 3.05) is 0 Å². The van der Waals surface area contributed by atoms with E-state index in [1.165, 1.54) is 0 Å². The van der Waals surface area contributed by atoms with E-state index in [-0.39, 0.29) is 12.5 Å². The van der Waals surface area contributed by atoms with Gasteiger partial charge in [0.2, 0.25) is 11.7 Å². The lowest BCUT2D eigenvalue weighted by molar-refractivity contribution is 0.0945. The number of halogens is 1. The molecule has 3 rings (SSSR count). The highest BCUT2D eigenvalue weighted by Crippen LogP contribution is 2.20. The fourth-order valence-corrected chi connectivity index (χ4v) is 2.49. The Bertz CT molecular complexity index is 889. The van der Waals surface area contributed by atoms with E-state index in [2.05, 4.69) is 15.5 Å². The summed E-state index contributed by atoms with van der Waals surface area (Å²) in [5.74, 6) is 0.607. The van der Waals surface area contributed by atoms with Gasteiger partial charge in [-0.2, -0.15) is 4.98 Å². The Hall–Kier alpha value is -2.66. The molecule has 0 radical (unpaired) electrons. The average molecular weight is 342 g/mol. The Morgan fingerprint density at radius 3 is 2.83 bits per heavy atom. The molecular weight excluding hydrogens is 326 g/mol. The normalized spacial score (nSPS) is 10.6. The first-order valence-electron chi connectivity index (χ1n) is 7.47. The van der Waals surface area contributed by atoms with Crippen molar-refractivity contribution in [2.24, 2.45) is 0 Å². The molecule has 0 atom stereocenters. The molecule has 0 aliphatic heterocycles. The molecule has 0 saturated carbocycles. The lowest BCUT2D eigenvalue weighted by Crippen LogP contribution is -2.23. The summed E-state index contributed by atoms with van der Waals surface area (Å²) in [5, 5.41) is 7.31. The van der Waals surface area contributed by atoms with E-state index in [4.69, 9.17) is 16.1 Å². The summed E-state index contributed by atoms with van der Waals surface area (Å²) >= 11 is 5.96. The summed E-state index contributed by atoms with van der Waals surface area (Å²) in [6, 6.07) is 12.9. The Balaban J connectivity index is 1.69. The highest BCUT2D eigenvalue weighted by molar-refractivity contribution is 6.30. The first-order chi connectivity index (χ1) is 11.5. The van der Waals surface area contributed by atoms with Crippen molar-refractivity contribution in [1.29, 1.82) is 0 Å². The second-order valence-electron chi connectivity index (χ2n) is 5.52. The van der Waals surface area contributed by atoms with E-state index in [9.17, 15) is 4.79 Å². The maximum Gasteiger partial charge on any atom is 0.251 e. The van der Waals surface area contributed by atoms with Gasteiger partial charge in [0, 0.05) is 16.1 Å². The van der Waals surface area contributed by atoms with Crippen LogP contribution in [0.25, 0.3) is 11.4 Å². The quantitative estimate of drug-likeness (QED) is 0.780. The minimum absolute atomic E-state index is 0.166. The van der Waals surface area contributed by atoms with Gasteiger partial charge < -0.3 is 9.84 Å². The maximum atomic E-state index is 12.3. The number of nitrogens with one attached hydrogen (secondary N) is 1. The molecule has 1 aromatic heterocycles. The Morgan fingerprint density at radius 1 is 1.21 bits per heavy atom. The van der Waals surface area contributed by atoms with Crippen LogP contribution in [0.4, 0.5) is 0 Å². The van der Waals surface area contributed by atoms with Gasteiger partial charge in [-0.25, -0.2) is 0 Å². The monoisotopic (exact) mass is 341 g/mol. The van der Waals surface area contributed by atoms with E-state index >= 15 is 0 Å². The van der Waals surface area contributed by atoms with E-state index < -0.39 is 0 Å². The summed E-state index contributed by atoms with van der Waals surface area (Å²) in [6.45, 7) is 4.02. The van der Waals surface area contributed by atoms with Gasteiger partial charge in [0.25, 0.3) is 5.91 Å². The van der Waals surface area contributed by atoms with Crippen molar-refractivity contribution in [2.45, 2.75) is 20.4 Å². The molecule has 0 saturated heterocycles. The summed E-state index contributed by atoms with van der Waals surface area (Å²) in [4.78, 5) is 16.6. The van der Waals surface area contributed by atoms with Crippen LogP contribution >= 0.6 is 11.6 Å². The highest BCUT2D eigenvalue weighted by Gasteiger charge is 2.12. The minimum atomic E-state index is -0.168. The molecule has 1 amide bonds. The van der Waals surface area contributed by atoms with Crippen LogP contribution in [0.5, 0.6) is 0 Å². The fourth-order valence-electron chi connectivity index (χ4n) is 2.30. The SMILES string of the molecule is Cc1ccc(C)c(C(=O)NCc2nc(-c3cccc(Cl)c3)no2)c1. The molecule has 6 heteroatoms. The molecule has 1 N–H and O–H groups in total. The van der Waals surface area contributed by atoms with Crippen LogP contribution in [0.3, 0.4) is 0 Å². The van der Waals surface area contributed by atoms with Crippen LogP contribution in [0.15, 0.2) is 47.0 Å². The average Bonchev–Trinajstić information content (AvgIpc) is 3.04. The van der Waals surface area contributed by atoms with E-state index in [1.54, 1.807) is 12.1 Å². The van der Waals surface area contributed by atoms with E-state index in [1.807, 2.05) is 44.2 Å². The highest BCUT2D eigenvalue weighted by atomic mass is 35.5. The van der Waals surface area contributed by atoms with Crippen LogP contribution < -0.4 is 5.32 Å². The Morgan fingerprint density at radius 2 is 2.04 bits per heavy atom. The standard InChI is InChI=1S/C18H16ClN3O2/c1-11-6-7-12(2)15(8-11)18(23)20-10-16-21-17(22-24-16)13-4-3-5-14(19)9-13/h3-9H,10H2,1-2H3,(H,20,23). The smallest absolute Gasteiger partial charge is 0.251 e. The third-order valence-corrected chi connectivity index (χ3v) is 3.82. The molecule has 0 aliphatic carbocycles. The number of rotatable bonds is 4. The maximum absolute atomic E-state index is 12.3. The molecule has 0 bridgehead atoms. The molecule has 2 aromatic carbocycles. The van der Waals surface area contributed by atoms with Gasteiger partial charge in [-0.1, -0.05) is 46.6 Å². The van der Waals surface area contributed by atoms with Crippen LogP contribution in [-0.2, 0) is 6.54 Å². The van der Waals surface area contributed by atoms with Crippen LogP contribution in [0, 0.1) is 13.8 Å². The second-order valence-corrected chi connectivity index (χ2v) is 5.96. The van der Waals surface area contributed by atoms with E-state index in [0.29, 0.717) is 22.3 Å². The summed E-state index contributed by atoms with van der Waals surface area (Å²) in [5.41, 5.74) is 3.36. The molecule has 122 valence electrons. The number of aryl methyl sites for hydroxylation is 2. The van der Waals surface area contributed by atoms with Crippen LogP contribution in [0.1, 0.15) is 27.4 Å². The molecule has 5 nitrogen and oxygen atoms in total. The topological polar surface area (TPSA) is 68.0 Å². The number of aromatic nitrogens is 2. The van der Waals surface area contributed by atoms with Gasteiger partial charge in [0.15, 0.2) is 0 Å². The molecular formula is C18H16ClN3O2. The van der Waals surface area contributed by atoms with Gasteiger partial charge in [-0.05, 0) is 37.6 Å². The predicted molar refractivity (Wildman–Crippen MR) is 91.8 cm³/mol. The number of hydrogen-bond donors (Lipinski definition) is 1. The van der Waals surface area contributed by atoms with Crippen molar-refractivity contribution < 1.29 is 9.32 Å². The number of carbonyl (C=O) groups excluding carboxylic acids is 1. The zero-order chi connectivity index (χ0) is 17.1. The van der Waals surface area contributed by atoms with Crippen LogP contribution in [-0.4, -0.2) is 16.0 Å². The first-order valence-corrected chi connectivity index (χ1v) is 7.85. The zero-order valence-electron chi connectivity index (χ0n) is 13.3. The van der Waals surface area contributed by atoms with Crippen molar-refractivity contribution in [1.82, 2.24) is 15.5 Å². The number of carbonyl (C=O) groups is 1. The van der Waals surface area contributed by atoms with Gasteiger partial charge >= 0.3 is 0 Å². The lowest BCUT2D eigenvalue weighted by atomic mass is 10.1. The lowest BCUT2D eigenvalue weighted by Gasteiger charge is -2.06. The third kappa shape index (κ3) is 3.63. The largest absolute Gasteiger partial charge is 0.343 e. The molecule has 3 aromatic rings. The van der Waals surface area contributed by atoms with Gasteiger partial charge in [-0.15, -0.1) is 0 Å². The molecule has 1 heterocycles. The Labute approximate surface area is 144 Å². The minimum Gasteiger partial charge on any atom is -0.343 e. The number of nitrogens with zero attached hydrogens (tertiary/aromatic N) is 2. The number of hydrogen-bond acceptors (Lipinski definition) is 4. The summed E-state index contributed by atoms with van der Waals surface area (Å²) < 4.78 is 5.18. The number of amides is 1. The van der Waals surface area contributed by atoms with E-state index in [0.717, 1.165) is 16.7 Å². The third-order valence-electron chi connectivity index (χ3n) is 3.59. The molecule has 24 heavy (non-hydrogen) atoms. The first kappa shape index (κ1) is 16.2.